The number of nitrogens with zero attached hydrogens (tertiary/aromatic N) is 2. The van der Waals surface area contributed by atoms with Gasteiger partial charge in [0.1, 0.15) is 0 Å². The van der Waals surface area contributed by atoms with Crippen molar-refractivity contribution in [2.75, 3.05) is 5.43 Å². The first kappa shape index (κ1) is 14.7. The van der Waals surface area contributed by atoms with Crippen LogP contribution in [-0.4, -0.2) is 11.1 Å². The molecule has 0 aromatic heterocycles. The quantitative estimate of drug-likeness (QED) is 0.509. The van der Waals surface area contributed by atoms with E-state index in [0.29, 0.717) is 5.92 Å². The molecule has 0 fully saturated rings. The van der Waals surface area contributed by atoms with Gasteiger partial charge in [0.2, 0.25) is 0 Å². The zero-order valence-corrected chi connectivity index (χ0v) is 12.0. The van der Waals surface area contributed by atoms with Crippen molar-refractivity contribution in [2.45, 2.75) is 19.8 Å². The number of hydrogen-bond acceptors (Lipinski definition) is 4. The predicted molar refractivity (Wildman–Crippen MR) is 84.8 cm³/mol. The van der Waals surface area contributed by atoms with E-state index in [9.17, 15) is 10.1 Å². The largest absolute Gasteiger partial charge is 0.278 e. The number of nitro groups is 1. The molecule has 2 rings (SSSR count). The molecule has 0 saturated carbocycles. The Morgan fingerprint density at radius 3 is 2.43 bits per heavy atom. The first-order chi connectivity index (χ1) is 10.1. The van der Waals surface area contributed by atoms with Gasteiger partial charge in [0.15, 0.2) is 0 Å². The Hall–Kier alpha value is -2.69. The highest BCUT2D eigenvalue weighted by atomic mass is 16.6. The summed E-state index contributed by atoms with van der Waals surface area (Å²) in [6.07, 6.45) is 1.64. The minimum atomic E-state index is -0.419. The van der Waals surface area contributed by atoms with Crippen LogP contribution in [0.2, 0.25) is 0 Å². The topological polar surface area (TPSA) is 67.5 Å². The summed E-state index contributed by atoms with van der Waals surface area (Å²) < 4.78 is 0. The molecule has 0 aliphatic rings. The van der Waals surface area contributed by atoms with Crippen LogP contribution in [-0.2, 0) is 0 Å². The van der Waals surface area contributed by atoms with Gasteiger partial charge in [-0.1, -0.05) is 32.0 Å². The molecule has 0 heterocycles. The molecule has 0 atom stereocenters. The van der Waals surface area contributed by atoms with E-state index in [2.05, 4.69) is 30.4 Å². The summed E-state index contributed by atoms with van der Waals surface area (Å²) in [5.74, 6) is 0.406. The molecule has 0 saturated heterocycles. The van der Waals surface area contributed by atoms with Crippen molar-refractivity contribution in [3.63, 3.8) is 0 Å². The molecule has 0 aliphatic carbocycles. The fourth-order valence-corrected chi connectivity index (χ4v) is 1.96. The summed E-state index contributed by atoms with van der Waals surface area (Å²) in [7, 11) is 0. The van der Waals surface area contributed by atoms with Crippen molar-refractivity contribution in [3.8, 4) is 0 Å². The highest BCUT2D eigenvalue weighted by molar-refractivity contribution is 5.80. The van der Waals surface area contributed by atoms with Crippen molar-refractivity contribution in [3.05, 3.63) is 69.8 Å². The monoisotopic (exact) mass is 283 g/mol. The zero-order chi connectivity index (χ0) is 15.2. The van der Waals surface area contributed by atoms with E-state index in [-0.39, 0.29) is 5.69 Å². The fourth-order valence-electron chi connectivity index (χ4n) is 1.96. The summed E-state index contributed by atoms with van der Waals surface area (Å²) in [4.78, 5) is 10.2. The molecule has 0 amide bonds. The van der Waals surface area contributed by atoms with Gasteiger partial charge >= 0.3 is 0 Å². The number of benzene rings is 2. The van der Waals surface area contributed by atoms with E-state index in [1.165, 1.54) is 17.7 Å². The zero-order valence-electron chi connectivity index (χ0n) is 12.0. The van der Waals surface area contributed by atoms with Crippen LogP contribution in [0.5, 0.6) is 0 Å². The number of hydrazone groups is 1. The molecule has 108 valence electrons. The van der Waals surface area contributed by atoms with Gasteiger partial charge in [-0.25, -0.2) is 0 Å². The third kappa shape index (κ3) is 3.89. The molecule has 2 aromatic rings. The van der Waals surface area contributed by atoms with Crippen molar-refractivity contribution in [2.24, 2.45) is 5.10 Å². The lowest BCUT2D eigenvalue weighted by Crippen LogP contribution is -1.97. The lowest BCUT2D eigenvalue weighted by atomic mass is 10.0. The predicted octanol–water partition coefficient (Wildman–Crippen LogP) is 4.16. The number of non-ortho nitro benzene ring substituents is 1. The lowest BCUT2D eigenvalue weighted by molar-refractivity contribution is -0.384. The van der Waals surface area contributed by atoms with Gasteiger partial charge in [-0.2, -0.15) is 5.10 Å². The summed E-state index contributed by atoms with van der Waals surface area (Å²) >= 11 is 0. The van der Waals surface area contributed by atoms with Crippen molar-refractivity contribution >= 4 is 17.6 Å². The van der Waals surface area contributed by atoms with E-state index in [1.54, 1.807) is 18.3 Å². The summed E-state index contributed by atoms with van der Waals surface area (Å²) in [6.45, 7) is 4.25. The molecule has 0 bridgehead atoms. The number of para-hydroxylation sites is 1. The fraction of sp³-hybridized carbons (Fsp3) is 0.188. The van der Waals surface area contributed by atoms with Crippen LogP contribution in [0.1, 0.15) is 30.9 Å². The van der Waals surface area contributed by atoms with Gasteiger partial charge in [-0.15, -0.1) is 0 Å². The first-order valence-corrected chi connectivity index (χ1v) is 6.70. The number of anilines is 1. The third-order valence-corrected chi connectivity index (χ3v) is 3.09. The molecule has 0 aliphatic heterocycles. The maximum absolute atomic E-state index is 10.6. The molecular formula is C16H17N3O2. The number of nitro benzene ring substituents is 1. The van der Waals surface area contributed by atoms with Crippen molar-refractivity contribution < 1.29 is 4.92 Å². The van der Waals surface area contributed by atoms with Gasteiger partial charge in [0, 0.05) is 12.1 Å². The number of rotatable bonds is 5. The van der Waals surface area contributed by atoms with Crippen LogP contribution in [0.25, 0.3) is 0 Å². The van der Waals surface area contributed by atoms with Gasteiger partial charge in [0.05, 0.1) is 16.8 Å². The molecule has 5 nitrogen and oxygen atoms in total. The Bertz CT molecular complexity index is 649. The second-order valence-electron chi connectivity index (χ2n) is 4.96. The van der Waals surface area contributed by atoms with Crippen LogP contribution in [0, 0.1) is 10.1 Å². The van der Waals surface area contributed by atoms with Crippen LogP contribution in [0.15, 0.2) is 53.6 Å². The van der Waals surface area contributed by atoms with E-state index in [4.69, 9.17) is 0 Å². The van der Waals surface area contributed by atoms with Crippen LogP contribution in [0.3, 0.4) is 0 Å². The van der Waals surface area contributed by atoms with E-state index in [1.807, 2.05) is 18.2 Å². The van der Waals surface area contributed by atoms with E-state index in [0.717, 1.165) is 11.3 Å². The van der Waals surface area contributed by atoms with E-state index < -0.39 is 4.92 Å². The third-order valence-electron chi connectivity index (χ3n) is 3.09. The second-order valence-corrected chi connectivity index (χ2v) is 4.96. The number of nitrogens with one attached hydrogen (secondary N) is 1. The van der Waals surface area contributed by atoms with Crippen molar-refractivity contribution in [1.82, 2.24) is 0 Å². The standard InChI is InChI=1S/C16H17N3O2/c1-12(2)15-5-3-4-6-16(15)18-17-11-13-7-9-14(10-8-13)19(20)21/h3-12,18H,1-2H3/b17-11+. The SMILES string of the molecule is CC(C)c1ccccc1N/N=C/c1ccc([N+](=O)[O-])cc1. The highest BCUT2D eigenvalue weighted by Gasteiger charge is 2.04. The summed E-state index contributed by atoms with van der Waals surface area (Å²) in [5, 5.41) is 14.8. The molecule has 0 unspecified atom stereocenters. The van der Waals surface area contributed by atoms with Gasteiger partial charge in [-0.05, 0) is 35.2 Å². The Morgan fingerprint density at radius 2 is 1.81 bits per heavy atom. The minimum absolute atomic E-state index is 0.0743. The molecular weight excluding hydrogens is 266 g/mol. The lowest BCUT2D eigenvalue weighted by Gasteiger charge is -2.11. The van der Waals surface area contributed by atoms with Crippen molar-refractivity contribution in [1.29, 1.82) is 0 Å². The number of hydrogen-bond donors (Lipinski definition) is 1. The molecule has 0 spiro atoms. The minimum Gasteiger partial charge on any atom is -0.278 e. The molecule has 0 radical (unpaired) electrons. The molecule has 2 aromatic carbocycles. The van der Waals surface area contributed by atoms with Crippen LogP contribution < -0.4 is 5.43 Å². The normalized spacial score (nSPS) is 11.0. The molecule has 1 N–H and O–H groups in total. The highest BCUT2D eigenvalue weighted by Crippen LogP contribution is 2.23. The second kappa shape index (κ2) is 6.65. The molecule has 5 heteroatoms. The maximum Gasteiger partial charge on any atom is 0.269 e. The van der Waals surface area contributed by atoms with E-state index >= 15 is 0 Å². The summed E-state index contributed by atoms with van der Waals surface area (Å²) in [6, 6.07) is 14.2. The van der Waals surface area contributed by atoms with Gasteiger partial charge in [-0.3, -0.25) is 15.5 Å². The maximum atomic E-state index is 10.6. The Balaban J connectivity index is 2.07. The van der Waals surface area contributed by atoms with Gasteiger partial charge in [0.25, 0.3) is 5.69 Å². The average molecular weight is 283 g/mol. The average Bonchev–Trinajstić information content (AvgIpc) is 2.48. The smallest absolute Gasteiger partial charge is 0.269 e. The summed E-state index contributed by atoms with van der Waals surface area (Å²) in [5.41, 5.74) is 6.05. The first-order valence-electron chi connectivity index (χ1n) is 6.70. The van der Waals surface area contributed by atoms with Crippen LogP contribution in [0.4, 0.5) is 11.4 Å². The Labute approximate surface area is 123 Å². The van der Waals surface area contributed by atoms with Crippen LogP contribution >= 0.6 is 0 Å². The van der Waals surface area contributed by atoms with Gasteiger partial charge < -0.3 is 0 Å². The Kier molecular flexibility index (Phi) is 4.66. The Morgan fingerprint density at radius 1 is 1.14 bits per heavy atom. The molecule has 21 heavy (non-hydrogen) atoms.